The van der Waals surface area contributed by atoms with E-state index < -0.39 is 10.2 Å². The van der Waals surface area contributed by atoms with Crippen LogP contribution in [0.1, 0.15) is 31.9 Å². The SMILES string of the molecule is CCNCCCN(C)S(=O)(=O)NCc1ncc(CC)o1. The first kappa shape index (κ1) is 17.1. The average Bonchev–Trinajstić information content (AvgIpc) is 2.89. The summed E-state index contributed by atoms with van der Waals surface area (Å²) >= 11 is 0. The molecule has 0 spiro atoms. The molecule has 0 fully saturated rings. The summed E-state index contributed by atoms with van der Waals surface area (Å²) in [6.07, 6.45) is 3.12. The van der Waals surface area contributed by atoms with Gasteiger partial charge in [0.15, 0.2) is 0 Å². The van der Waals surface area contributed by atoms with Crippen molar-refractivity contribution >= 4 is 10.2 Å². The van der Waals surface area contributed by atoms with Crippen LogP contribution in [0, 0.1) is 0 Å². The highest BCUT2D eigenvalue weighted by Crippen LogP contribution is 2.05. The van der Waals surface area contributed by atoms with Crippen LogP contribution in [0.2, 0.25) is 0 Å². The molecule has 0 radical (unpaired) electrons. The number of nitrogens with zero attached hydrogens (tertiary/aromatic N) is 2. The Morgan fingerprint density at radius 3 is 2.75 bits per heavy atom. The van der Waals surface area contributed by atoms with Crippen molar-refractivity contribution < 1.29 is 12.8 Å². The van der Waals surface area contributed by atoms with Crippen molar-refractivity contribution in [2.45, 2.75) is 33.2 Å². The van der Waals surface area contributed by atoms with Crippen LogP contribution < -0.4 is 10.0 Å². The Morgan fingerprint density at radius 2 is 2.15 bits per heavy atom. The Balaban J connectivity index is 2.39. The van der Waals surface area contributed by atoms with Gasteiger partial charge in [-0.1, -0.05) is 13.8 Å². The minimum atomic E-state index is -3.49. The molecule has 7 nitrogen and oxygen atoms in total. The molecule has 20 heavy (non-hydrogen) atoms. The molecule has 116 valence electrons. The topological polar surface area (TPSA) is 87.5 Å². The highest BCUT2D eigenvalue weighted by atomic mass is 32.2. The summed E-state index contributed by atoms with van der Waals surface area (Å²) in [5.74, 6) is 1.13. The molecule has 0 saturated carbocycles. The highest BCUT2D eigenvalue weighted by Gasteiger charge is 2.17. The standard InChI is InChI=1S/C12H24N4O3S/c1-4-11-9-14-12(19-11)10-15-20(17,18)16(3)8-6-7-13-5-2/h9,13,15H,4-8,10H2,1-3H3. The summed E-state index contributed by atoms with van der Waals surface area (Å²) in [4.78, 5) is 4.01. The number of hydrogen-bond acceptors (Lipinski definition) is 5. The van der Waals surface area contributed by atoms with E-state index in [4.69, 9.17) is 4.42 Å². The third kappa shape index (κ3) is 5.58. The van der Waals surface area contributed by atoms with E-state index >= 15 is 0 Å². The van der Waals surface area contributed by atoms with Crippen LogP contribution in [-0.4, -0.2) is 44.4 Å². The normalized spacial score (nSPS) is 12.2. The molecule has 0 aliphatic rings. The van der Waals surface area contributed by atoms with Crippen LogP contribution in [0.4, 0.5) is 0 Å². The first-order valence-corrected chi connectivity index (χ1v) is 8.28. The molecule has 0 aliphatic heterocycles. The van der Waals surface area contributed by atoms with Crippen molar-refractivity contribution in [3.63, 3.8) is 0 Å². The summed E-state index contributed by atoms with van der Waals surface area (Å²) in [7, 11) is -1.93. The molecule has 1 aromatic rings. The molecule has 1 rings (SSSR count). The van der Waals surface area contributed by atoms with E-state index in [0.29, 0.717) is 12.4 Å². The second kappa shape index (κ2) is 8.35. The van der Waals surface area contributed by atoms with Crippen LogP contribution in [0.25, 0.3) is 0 Å². The number of hydrogen-bond donors (Lipinski definition) is 2. The third-order valence-electron chi connectivity index (χ3n) is 2.84. The number of aryl methyl sites for hydroxylation is 1. The third-order valence-corrected chi connectivity index (χ3v) is 4.35. The lowest BCUT2D eigenvalue weighted by molar-refractivity contribution is 0.427. The molecule has 0 bridgehead atoms. The minimum Gasteiger partial charge on any atom is -0.444 e. The molecule has 0 saturated heterocycles. The Hall–Kier alpha value is -0.960. The van der Waals surface area contributed by atoms with E-state index in [1.165, 1.54) is 4.31 Å². The largest absolute Gasteiger partial charge is 0.444 e. The zero-order chi connectivity index (χ0) is 15.0. The van der Waals surface area contributed by atoms with Gasteiger partial charge in [0, 0.05) is 20.0 Å². The zero-order valence-corrected chi connectivity index (χ0v) is 13.2. The smallest absolute Gasteiger partial charge is 0.279 e. The molecule has 0 aromatic carbocycles. The van der Waals surface area contributed by atoms with Gasteiger partial charge in [-0.05, 0) is 19.5 Å². The van der Waals surface area contributed by atoms with Gasteiger partial charge in [0.2, 0.25) is 5.89 Å². The molecule has 2 N–H and O–H groups in total. The average molecular weight is 304 g/mol. The lowest BCUT2D eigenvalue weighted by Gasteiger charge is -2.17. The number of nitrogens with one attached hydrogen (secondary N) is 2. The van der Waals surface area contributed by atoms with Crippen LogP contribution in [0.3, 0.4) is 0 Å². The maximum atomic E-state index is 12.0. The monoisotopic (exact) mass is 304 g/mol. The second-order valence-corrected chi connectivity index (χ2v) is 6.29. The lowest BCUT2D eigenvalue weighted by atomic mass is 10.4. The maximum Gasteiger partial charge on any atom is 0.279 e. The maximum absolute atomic E-state index is 12.0. The number of oxazole rings is 1. The summed E-state index contributed by atoms with van der Waals surface area (Å²) in [5.41, 5.74) is 0. The molecule has 0 amide bonds. The highest BCUT2D eigenvalue weighted by molar-refractivity contribution is 7.87. The van der Waals surface area contributed by atoms with Gasteiger partial charge < -0.3 is 9.73 Å². The second-order valence-electron chi connectivity index (χ2n) is 4.43. The van der Waals surface area contributed by atoms with Crippen molar-refractivity contribution in [1.29, 1.82) is 0 Å². The van der Waals surface area contributed by atoms with E-state index in [1.807, 2.05) is 13.8 Å². The fraction of sp³-hybridized carbons (Fsp3) is 0.750. The van der Waals surface area contributed by atoms with Gasteiger partial charge in [-0.2, -0.15) is 17.4 Å². The predicted molar refractivity (Wildman–Crippen MR) is 77.4 cm³/mol. The summed E-state index contributed by atoms with van der Waals surface area (Å²) in [6, 6.07) is 0. The van der Waals surface area contributed by atoms with Crippen molar-refractivity contribution in [3.05, 3.63) is 17.8 Å². The summed E-state index contributed by atoms with van der Waals surface area (Å²) in [6.45, 7) is 6.19. The van der Waals surface area contributed by atoms with Gasteiger partial charge >= 0.3 is 0 Å². The molecule has 1 heterocycles. The molecule has 1 aromatic heterocycles. The van der Waals surface area contributed by atoms with Crippen LogP contribution in [0.5, 0.6) is 0 Å². The van der Waals surface area contributed by atoms with Crippen molar-refractivity contribution in [2.24, 2.45) is 0 Å². The molecule has 0 aliphatic carbocycles. The van der Waals surface area contributed by atoms with Crippen molar-refractivity contribution in [3.8, 4) is 0 Å². The fourth-order valence-corrected chi connectivity index (χ4v) is 2.48. The lowest BCUT2D eigenvalue weighted by Crippen LogP contribution is -2.39. The van der Waals surface area contributed by atoms with Gasteiger partial charge in [-0.25, -0.2) is 4.98 Å². The van der Waals surface area contributed by atoms with Gasteiger partial charge in [0.05, 0.1) is 12.7 Å². The van der Waals surface area contributed by atoms with Crippen LogP contribution in [0.15, 0.2) is 10.6 Å². The van der Waals surface area contributed by atoms with E-state index in [-0.39, 0.29) is 6.54 Å². The van der Waals surface area contributed by atoms with Crippen LogP contribution >= 0.6 is 0 Å². The van der Waals surface area contributed by atoms with E-state index in [9.17, 15) is 8.42 Å². The quantitative estimate of drug-likeness (QED) is 0.615. The summed E-state index contributed by atoms with van der Waals surface area (Å²) < 4.78 is 33.1. The van der Waals surface area contributed by atoms with Crippen LogP contribution in [-0.2, 0) is 23.2 Å². The van der Waals surface area contributed by atoms with E-state index in [2.05, 4.69) is 15.0 Å². The Kier molecular flexibility index (Phi) is 7.14. The zero-order valence-electron chi connectivity index (χ0n) is 12.3. The summed E-state index contributed by atoms with van der Waals surface area (Å²) in [5, 5.41) is 3.16. The first-order valence-electron chi connectivity index (χ1n) is 6.84. The molecule has 0 atom stereocenters. The predicted octanol–water partition coefficient (Wildman–Crippen LogP) is 0.503. The molecular formula is C12H24N4O3S. The van der Waals surface area contributed by atoms with Gasteiger partial charge in [-0.3, -0.25) is 0 Å². The Morgan fingerprint density at radius 1 is 1.40 bits per heavy atom. The first-order chi connectivity index (χ1) is 9.49. The van der Waals surface area contributed by atoms with E-state index in [0.717, 1.165) is 31.7 Å². The Labute approximate surface area is 120 Å². The Bertz CT molecular complexity index is 487. The fourth-order valence-electron chi connectivity index (χ4n) is 1.58. The number of rotatable bonds is 10. The van der Waals surface area contributed by atoms with Crippen molar-refractivity contribution in [2.75, 3.05) is 26.7 Å². The van der Waals surface area contributed by atoms with Gasteiger partial charge in [0.25, 0.3) is 10.2 Å². The molecule has 0 unspecified atom stereocenters. The van der Waals surface area contributed by atoms with Crippen molar-refractivity contribution in [1.82, 2.24) is 19.3 Å². The van der Waals surface area contributed by atoms with E-state index in [1.54, 1.807) is 13.2 Å². The van der Waals surface area contributed by atoms with Gasteiger partial charge in [0.1, 0.15) is 5.76 Å². The number of aromatic nitrogens is 1. The molecular weight excluding hydrogens is 280 g/mol. The minimum absolute atomic E-state index is 0.0693. The molecule has 8 heteroatoms. The van der Waals surface area contributed by atoms with Gasteiger partial charge in [-0.15, -0.1) is 0 Å².